The quantitative estimate of drug-likeness (QED) is 0.844. The topological polar surface area (TPSA) is 69.4 Å². The van der Waals surface area contributed by atoms with Crippen LogP contribution >= 0.6 is 15.9 Å². The van der Waals surface area contributed by atoms with Crippen molar-refractivity contribution in [3.05, 3.63) is 28.2 Å². The first-order valence-corrected chi connectivity index (χ1v) is 7.29. The maximum atomic E-state index is 10.7. The van der Waals surface area contributed by atoms with Gasteiger partial charge in [-0.3, -0.25) is 0 Å². The van der Waals surface area contributed by atoms with E-state index < -0.39 is 10.0 Å². The molecular weight excluding hydrogens is 294 g/mol. The Morgan fingerprint density at radius 2 is 2.12 bits per heavy atom. The number of hydrogen-bond acceptors (Lipinski definition) is 3. The number of hydrogen-bond donors (Lipinski definition) is 1. The van der Waals surface area contributed by atoms with Crippen LogP contribution in [0.3, 0.4) is 0 Å². The largest absolute Gasteiger partial charge is 0.493 e. The summed E-state index contributed by atoms with van der Waals surface area (Å²) in [6.45, 7) is 2.28. The Hall–Kier alpha value is -0.590. The molecule has 0 aliphatic carbocycles. The van der Waals surface area contributed by atoms with Gasteiger partial charge in [0.15, 0.2) is 0 Å². The highest BCUT2D eigenvalue weighted by Crippen LogP contribution is 2.22. The van der Waals surface area contributed by atoms with Crippen LogP contribution in [0.4, 0.5) is 0 Å². The summed E-state index contributed by atoms with van der Waals surface area (Å²) in [5, 5.41) is 4.88. The van der Waals surface area contributed by atoms with Crippen LogP contribution in [0.2, 0.25) is 0 Å². The van der Waals surface area contributed by atoms with E-state index in [1.54, 1.807) is 0 Å². The van der Waals surface area contributed by atoms with Crippen LogP contribution in [0.1, 0.15) is 12.0 Å². The van der Waals surface area contributed by atoms with Gasteiger partial charge in [-0.1, -0.05) is 15.9 Å². The van der Waals surface area contributed by atoms with Gasteiger partial charge in [-0.25, -0.2) is 13.6 Å². The lowest BCUT2D eigenvalue weighted by atomic mass is 10.2. The molecule has 0 aliphatic heterocycles. The minimum absolute atomic E-state index is 0.0530. The van der Waals surface area contributed by atoms with Gasteiger partial charge in [0.25, 0.3) is 0 Å². The molecule has 1 aromatic carbocycles. The van der Waals surface area contributed by atoms with Crippen molar-refractivity contribution in [3.8, 4) is 5.75 Å². The second kappa shape index (κ2) is 5.65. The normalized spacial score (nSPS) is 11.4. The minimum Gasteiger partial charge on any atom is -0.493 e. The Balaban J connectivity index is 2.43. The molecule has 4 nitrogen and oxygen atoms in total. The standard InChI is InChI=1S/C10H14BrNO3S/c1-8-7-9(11)3-4-10(8)15-5-2-6-16(12,13)14/h3-4,7H,2,5-6H2,1H3,(H2,12,13,14). The van der Waals surface area contributed by atoms with Crippen molar-refractivity contribution in [2.45, 2.75) is 13.3 Å². The number of sulfonamides is 1. The fourth-order valence-electron chi connectivity index (χ4n) is 1.22. The highest BCUT2D eigenvalue weighted by Gasteiger charge is 2.03. The molecule has 0 unspecified atom stereocenters. The molecule has 1 aromatic rings. The Labute approximate surface area is 104 Å². The van der Waals surface area contributed by atoms with E-state index in [1.165, 1.54) is 0 Å². The zero-order chi connectivity index (χ0) is 12.2. The summed E-state index contributed by atoms with van der Waals surface area (Å²) in [4.78, 5) is 0. The van der Waals surface area contributed by atoms with E-state index >= 15 is 0 Å². The Morgan fingerprint density at radius 3 is 2.69 bits per heavy atom. The van der Waals surface area contributed by atoms with E-state index in [-0.39, 0.29) is 5.75 Å². The molecule has 0 saturated carbocycles. The summed E-state index contributed by atoms with van der Waals surface area (Å²) >= 11 is 3.35. The van der Waals surface area contributed by atoms with E-state index in [2.05, 4.69) is 15.9 Å². The summed E-state index contributed by atoms with van der Waals surface area (Å²) < 4.78 is 27.8. The molecule has 0 saturated heterocycles. The van der Waals surface area contributed by atoms with Crippen molar-refractivity contribution in [1.82, 2.24) is 0 Å². The van der Waals surface area contributed by atoms with Crippen molar-refractivity contribution in [2.24, 2.45) is 5.14 Å². The minimum atomic E-state index is -3.38. The number of ether oxygens (including phenoxy) is 1. The first-order chi connectivity index (χ1) is 7.38. The van der Waals surface area contributed by atoms with Crippen LogP contribution in [0.25, 0.3) is 0 Å². The second-order valence-corrected chi connectivity index (χ2v) is 6.13. The first-order valence-electron chi connectivity index (χ1n) is 4.78. The molecule has 6 heteroatoms. The predicted octanol–water partition coefficient (Wildman–Crippen LogP) is 1.81. The maximum absolute atomic E-state index is 10.7. The number of aryl methyl sites for hydroxylation is 1. The predicted molar refractivity (Wildman–Crippen MR) is 67.0 cm³/mol. The van der Waals surface area contributed by atoms with Gasteiger partial charge < -0.3 is 4.74 Å². The van der Waals surface area contributed by atoms with Gasteiger partial charge in [0.1, 0.15) is 5.75 Å². The van der Waals surface area contributed by atoms with Crippen molar-refractivity contribution >= 4 is 26.0 Å². The number of benzene rings is 1. The molecule has 1 rings (SSSR count). The average Bonchev–Trinajstić information content (AvgIpc) is 2.13. The van der Waals surface area contributed by atoms with Gasteiger partial charge >= 0.3 is 0 Å². The van der Waals surface area contributed by atoms with Gasteiger partial charge in [0.05, 0.1) is 12.4 Å². The monoisotopic (exact) mass is 307 g/mol. The SMILES string of the molecule is Cc1cc(Br)ccc1OCCCS(N)(=O)=O. The third-order valence-electron chi connectivity index (χ3n) is 1.97. The summed E-state index contributed by atoms with van der Waals surface area (Å²) in [5.74, 6) is 0.709. The molecule has 0 atom stereocenters. The zero-order valence-electron chi connectivity index (χ0n) is 8.94. The highest BCUT2D eigenvalue weighted by atomic mass is 79.9. The third-order valence-corrected chi connectivity index (χ3v) is 3.32. The molecule has 0 spiro atoms. The Kier molecular flexibility index (Phi) is 4.76. The lowest BCUT2D eigenvalue weighted by Crippen LogP contribution is -2.18. The third kappa shape index (κ3) is 4.96. The molecule has 0 heterocycles. The highest BCUT2D eigenvalue weighted by molar-refractivity contribution is 9.10. The van der Waals surface area contributed by atoms with Crippen LogP contribution in [0.15, 0.2) is 22.7 Å². The van der Waals surface area contributed by atoms with E-state index in [0.717, 1.165) is 15.8 Å². The summed E-state index contributed by atoms with van der Waals surface area (Å²) in [6.07, 6.45) is 0.397. The lowest BCUT2D eigenvalue weighted by Gasteiger charge is -2.08. The second-order valence-electron chi connectivity index (χ2n) is 3.48. The molecule has 0 fully saturated rings. The van der Waals surface area contributed by atoms with E-state index in [9.17, 15) is 8.42 Å². The molecule has 90 valence electrons. The van der Waals surface area contributed by atoms with Crippen LogP contribution < -0.4 is 9.88 Å². The van der Waals surface area contributed by atoms with Crippen molar-refractivity contribution < 1.29 is 13.2 Å². The molecule has 0 aliphatic rings. The summed E-state index contributed by atoms with van der Waals surface area (Å²) in [7, 11) is -3.38. The Bertz CT molecular complexity index is 459. The smallest absolute Gasteiger partial charge is 0.209 e. The number of nitrogens with two attached hydrogens (primary N) is 1. The Morgan fingerprint density at radius 1 is 1.44 bits per heavy atom. The molecule has 2 N–H and O–H groups in total. The van der Waals surface area contributed by atoms with Crippen LogP contribution in [0, 0.1) is 6.92 Å². The van der Waals surface area contributed by atoms with E-state index in [1.807, 2.05) is 25.1 Å². The van der Waals surface area contributed by atoms with E-state index in [0.29, 0.717) is 13.0 Å². The number of primary sulfonamides is 1. The van der Waals surface area contributed by atoms with Crippen LogP contribution in [-0.2, 0) is 10.0 Å². The van der Waals surface area contributed by atoms with Gasteiger partial charge in [-0.2, -0.15) is 0 Å². The lowest BCUT2D eigenvalue weighted by molar-refractivity contribution is 0.315. The van der Waals surface area contributed by atoms with Crippen molar-refractivity contribution in [1.29, 1.82) is 0 Å². The molecule has 0 radical (unpaired) electrons. The average molecular weight is 308 g/mol. The summed E-state index contributed by atoms with van der Waals surface area (Å²) in [6, 6.07) is 5.66. The van der Waals surface area contributed by atoms with Crippen molar-refractivity contribution in [2.75, 3.05) is 12.4 Å². The number of rotatable bonds is 5. The van der Waals surface area contributed by atoms with Gasteiger partial charge in [-0.15, -0.1) is 0 Å². The molecule has 0 amide bonds. The zero-order valence-corrected chi connectivity index (χ0v) is 11.3. The fourth-order valence-corrected chi connectivity index (χ4v) is 2.21. The fraction of sp³-hybridized carbons (Fsp3) is 0.400. The first kappa shape index (κ1) is 13.5. The molecule has 0 aromatic heterocycles. The molecule has 16 heavy (non-hydrogen) atoms. The maximum Gasteiger partial charge on any atom is 0.209 e. The van der Waals surface area contributed by atoms with Gasteiger partial charge in [0, 0.05) is 4.47 Å². The molecule has 0 bridgehead atoms. The van der Waals surface area contributed by atoms with Gasteiger partial charge in [-0.05, 0) is 37.1 Å². The van der Waals surface area contributed by atoms with Crippen LogP contribution in [-0.4, -0.2) is 20.8 Å². The summed E-state index contributed by atoms with van der Waals surface area (Å²) in [5.41, 5.74) is 1.00. The van der Waals surface area contributed by atoms with E-state index in [4.69, 9.17) is 9.88 Å². The number of halogens is 1. The van der Waals surface area contributed by atoms with Crippen molar-refractivity contribution in [3.63, 3.8) is 0 Å². The van der Waals surface area contributed by atoms with Gasteiger partial charge in [0.2, 0.25) is 10.0 Å². The van der Waals surface area contributed by atoms with Crippen LogP contribution in [0.5, 0.6) is 5.75 Å². The molecular formula is C10H14BrNO3S.